The number of carbonyl (C=O) groups is 1. The summed E-state index contributed by atoms with van der Waals surface area (Å²) in [6, 6.07) is 7.95. The van der Waals surface area contributed by atoms with Gasteiger partial charge in [-0.05, 0) is 37.5 Å². The molecule has 2 unspecified atom stereocenters. The predicted octanol–water partition coefficient (Wildman–Crippen LogP) is 2.82. The van der Waals surface area contributed by atoms with Crippen LogP contribution in [0.5, 0.6) is 5.75 Å². The summed E-state index contributed by atoms with van der Waals surface area (Å²) in [6.45, 7) is 2.74. The van der Waals surface area contributed by atoms with Crippen LogP contribution in [0.1, 0.15) is 37.4 Å². The fourth-order valence-electron chi connectivity index (χ4n) is 3.07. The lowest BCUT2D eigenvalue weighted by Gasteiger charge is -2.28. The Kier molecular flexibility index (Phi) is 4.13. The lowest BCUT2D eigenvalue weighted by molar-refractivity contribution is -0.135. The third-order valence-corrected chi connectivity index (χ3v) is 4.37. The van der Waals surface area contributed by atoms with E-state index in [2.05, 4.69) is 17.1 Å². The van der Waals surface area contributed by atoms with E-state index in [0.717, 1.165) is 25.1 Å². The Labute approximate surface area is 130 Å². The van der Waals surface area contributed by atoms with Crippen LogP contribution < -0.4 is 4.74 Å². The number of methoxy groups -OCH3 is 1. The maximum absolute atomic E-state index is 12.8. The zero-order valence-corrected chi connectivity index (χ0v) is 13.0. The molecule has 0 radical (unpaired) electrons. The van der Waals surface area contributed by atoms with Crippen LogP contribution in [0.3, 0.4) is 0 Å². The van der Waals surface area contributed by atoms with E-state index >= 15 is 0 Å². The highest BCUT2D eigenvalue weighted by molar-refractivity contribution is 5.80. The molecule has 1 aromatic carbocycles. The minimum absolute atomic E-state index is 0.149. The average Bonchev–Trinajstić information content (AvgIpc) is 3.24. The quantitative estimate of drug-likeness (QED) is 0.872. The molecule has 1 aliphatic rings. The molecule has 5 heteroatoms. The summed E-state index contributed by atoms with van der Waals surface area (Å²) in [5.74, 6) is 0.989. The number of aromatic nitrogens is 2. The van der Waals surface area contributed by atoms with Crippen LogP contribution in [0.4, 0.5) is 0 Å². The normalized spacial score (nSPS) is 19.2. The van der Waals surface area contributed by atoms with Gasteiger partial charge in [0.2, 0.25) is 5.91 Å². The first-order chi connectivity index (χ1) is 10.7. The first-order valence-corrected chi connectivity index (χ1v) is 7.62. The van der Waals surface area contributed by atoms with E-state index in [0.29, 0.717) is 0 Å². The van der Waals surface area contributed by atoms with Crippen LogP contribution in [0.25, 0.3) is 0 Å². The third kappa shape index (κ3) is 2.71. The first-order valence-electron chi connectivity index (χ1n) is 7.62. The molecule has 0 bridgehead atoms. The lowest BCUT2D eigenvalue weighted by atomic mass is 10.0. The van der Waals surface area contributed by atoms with Crippen molar-refractivity contribution in [3.8, 4) is 5.75 Å². The van der Waals surface area contributed by atoms with E-state index in [1.54, 1.807) is 19.6 Å². The van der Waals surface area contributed by atoms with Gasteiger partial charge in [0.25, 0.3) is 0 Å². The summed E-state index contributed by atoms with van der Waals surface area (Å²) in [6.07, 6.45) is 7.28. The van der Waals surface area contributed by atoms with Crippen molar-refractivity contribution in [2.75, 3.05) is 13.7 Å². The van der Waals surface area contributed by atoms with Crippen molar-refractivity contribution >= 4 is 5.91 Å². The SMILES string of the molecule is COc1ccc(C2CCCN2C(=O)C(C)n2ccnc2)cc1. The van der Waals surface area contributed by atoms with Crippen LogP contribution in [-0.4, -0.2) is 34.0 Å². The minimum atomic E-state index is -0.221. The van der Waals surface area contributed by atoms with Gasteiger partial charge in [-0.1, -0.05) is 12.1 Å². The summed E-state index contributed by atoms with van der Waals surface area (Å²) < 4.78 is 7.06. The van der Waals surface area contributed by atoms with Crippen molar-refractivity contribution in [3.05, 3.63) is 48.5 Å². The van der Waals surface area contributed by atoms with Gasteiger partial charge < -0.3 is 14.2 Å². The molecular weight excluding hydrogens is 278 g/mol. The van der Waals surface area contributed by atoms with E-state index in [1.807, 2.05) is 34.7 Å². The summed E-state index contributed by atoms with van der Waals surface area (Å²) in [5.41, 5.74) is 1.17. The van der Waals surface area contributed by atoms with Gasteiger partial charge in [-0.2, -0.15) is 0 Å². The number of rotatable bonds is 4. The molecule has 1 aliphatic heterocycles. The number of nitrogens with zero attached hydrogens (tertiary/aromatic N) is 3. The van der Waals surface area contributed by atoms with Crippen molar-refractivity contribution in [3.63, 3.8) is 0 Å². The van der Waals surface area contributed by atoms with Gasteiger partial charge in [0.05, 0.1) is 19.5 Å². The van der Waals surface area contributed by atoms with E-state index < -0.39 is 0 Å². The molecule has 2 atom stereocenters. The minimum Gasteiger partial charge on any atom is -0.497 e. The molecule has 1 saturated heterocycles. The topological polar surface area (TPSA) is 47.4 Å². The van der Waals surface area contributed by atoms with Gasteiger partial charge in [0, 0.05) is 18.9 Å². The second-order valence-electron chi connectivity index (χ2n) is 5.65. The summed E-state index contributed by atoms with van der Waals surface area (Å²) in [5, 5.41) is 0. The van der Waals surface area contributed by atoms with Gasteiger partial charge in [-0.3, -0.25) is 4.79 Å². The molecule has 2 heterocycles. The molecule has 5 nitrogen and oxygen atoms in total. The maximum Gasteiger partial charge on any atom is 0.245 e. The standard InChI is InChI=1S/C17H21N3O2/c1-13(19-11-9-18-12-19)17(21)20-10-3-4-16(20)14-5-7-15(22-2)8-6-14/h5-9,11-13,16H,3-4,10H2,1-2H3. The second kappa shape index (κ2) is 6.22. The Balaban J connectivity index is 1.78. The molecule has 1 fully saturated rings. The largest absolute Gasteiger partial charge is 0.497 e. The zero-order chi connectivity index (χ0) is 15.5. The fraction of sp³-hybridized carbons (Fsp3) is 0.412. The van der Waals surface area contributed by atoms with Gasteiger partial charge in [-0.15, -0.1) is 0 Å². The number of benzene rings is 1. The van der Waals surface area contributed by atoms with Crippen LogP contribution in [0.2, 0.25) is 0 Å². The first kappa shape index (κ1) is 14.6. The second-order valence-corrected chi connectivity index (χ2v) is 5.65. The van der Waals surface area contributed by atoms with E-state index in [-0.39, 0.29) is 18.0 Å². The molecule has 1 aromatic heterocycles. The molecule has 2 aromatic rings. The highest BCUT2D eigenvalue weighted by Crippen LogP contribution is 2.34. The molecule has 0 N–H and O–H groups in total. The molecule has 0 spiro atoms. The monoisotopic (exact) mass is 299 g/mol. The number of hydrogen-bond donors (Lipinski definition) is 0. The van der Waals surface area contributed by atoms with E-state index in [1.165, 1.54) is 5.56 Å². The Morgan fingerprint density at radius 2 is 2.14 bits per heavy atom. The van der Waals surface area contributed by atoms with Crippen molar-refractivity contribution in [1.29, 1.82) is 0 Å². The predicted molar refractivity (Wildman–Crippen MR) is 83.6 cm³/mol. The zero-order valence-electron chi connectivity index (χ0n) is 13.0. The van der Waals surface area contributed by atoms with Gasteiger partial charge in [0.1, 0.15) is 11.8 Å². The van der Waals surface area contributed by atoms with Crippen LogP contribution in [0.15, 0.2) is 43.0 Å². The Bertz CT molecular complexity index is 622. The van der Waals surface area contributed by atoms with Crippen molar-refractivity contribution in [2.24, 2.45) is 0 Å². The number of ether oxygens (including phenoxy) is 1. The molecule has 0 aliphatic carbocycles. The number of amides is 1. The van der Waals surface area contributed by atoms with E-state index in [4.69, 9.17) is 4.74 Å². The van der Waals surface area contributed by atoms with Crippen molar-refractivity contribution in [1.82, 2.24) is 14.5 Å². The molecule has 116 valence electrons. The average molecular weight is 299 g/mol. The summed E-state index contributed by atoms with van der Waals surface area (Å²) >= 11 is 0. The van der Waals surface area contributed by atoms with Crippen LogP contribution in [0, 0.1) is 0 Å². The Hall–Kier alpha value is -2.30. The van der Waals surface area contributed by atoms with Crippen molar-refractivity contribution < 1.29 is 9.53 Å². The summed E-state index contributed by atoms with van der Waals surface area (Å²) in [7, 11) is 1.66. The smallest absolute Gasteiger partial charge is 0.245 e. The highest BCUT2D eigenvalue weighted by atomic mass is 16.5. The maximum atomic E-state index is 12.8. The van der Waals surface area contributed by atoms with Crippen LogP contribution in [-0.2, 0) is 4.79 Å². The number of carbonyl (C=O) groups excluding carboxylic acids is 1. The highest BCUT2D eigenvalue weighted by Gasteiger charge is 2.32. The van der Waals surface area contributed by atoms with E-state index in [9.17, 15) is 4.79 Å². The van der Waals surface area contributed by atoms with Gasteiger partial charge >= 0.3 is 0 Å². The van der Waals surface area contributed by atoms with Crippen molar-refractivity contribution in [2.45, 2.75) is 31.8 Å². The molecular formula is C17H21N3O2. The van der Waals surface area contributed by atoms with Crippen LogP contribution >= 0.6 is 0 Å². The molecule has 0 saturated carbocycles. The Morgan fingerprint density at radius 3 is 2.77 bits per heavy atom. The Morgan fingerprint density at radius 1 is 1.36 bits per heavy atom. The number of imidazole rings is 1. The lowest BCUT2D eigenvalue weighted by Crippen LogP contribution is -2.35. The molecule has 3 rings (SSSR count). The van der Waals surface area contributed by atoms with Gasteiger partial charge in [0.15, 0.2) is 0 Å². The fourth-order valence-corrected chi connectivity index (χ4v) is 3.07. The summed E-state index contributed by atoms with van der Waals surface area (Å²) in [4.78, 5) is 18.8. The van der Waals surface area contributed by atoms with Gasteiger partial charge in [-0.25, -0.2) is 4.98 Å². The number of hydrogen-bond acceptors (Lipinski definition) is 3. The molecule has 22 heavy (non-hydrogen) atoms. The molecule has 1 amide bonds. The number of likely N-dealkylation sites (tertiary alicyclic amines) is 1. The third-order valence-electron chi connectivity index (χ3n) is 4.37.